The molecular weight excluding hydrogens is 382 g/mol. The van der Waals surface area contributed by atoms with Crippen molar-refractivity contribution in [3.63, 3.8) is 0 Å². The van der Waals surface area contributed by atoms with E-state index in [-0.39, 0.29) is 17.9 Å². The Kier molecular flexibility index (Phi) is 5.67. The number of H-pyrrole nitrogens is 1. The van der Waals surface area contributed by atoms with E-state index >= 15 is 0 Å². The first kappa shape index (κ1) is 20.3. The molecule has 1 fully saturated rings. The van der Waals surface area contributed by atoms with Crippen LogP contribution in [0.4, 0.5) is 0 Å². The summed E-state index contributed by atoms with van der Waals surface area (Å²) in [5, 5.41) is 0. The number of hydrogen-bond acceptors (Lipinski definition) is 6. The quantitative estimate of drug-likeness (QED) is 0.696. The summed E-state index contributed by atoms with van der Waals surface area (Å²) in [5.41, 5.74) is 3.24. The molecule has 0 aliphatic carbocycles. The van der Waals surface area contributed by atoms with Crippen LogP contribution in [0.5, 0.6) is 5.88 Å². The number of imidazole rings is 1. The normalized spacial score (nSPS) is 17.0. The molecule has 1 aliphatic heterocycles. The van der Waals surface area contributed by atoms with Crippen LogP contribution >= 0.6 is 0 Å². The molecule has 1 aromatic carbocycles. The van der Waals surface area contributed by atoms with Crippen LogP contribution in [0, 0.1) is 13.8 Å². The zero-order valence-corrected chi connectivity index (χ0v) is 17.8. The fourth-order valence-electron chi connectivity index (χ4n) is 3.53. The molecule has 0 bridgehead atoms. The number of morpholine rings is 1. The van der Waals surface area contributed by atoms with E-state index in [0.29, 0.717) is 37.7 Å². The Morgan fingerprint density at radius 1 is 1.27 bits per heavy atom. The fourth-order valence-corrected chi connectivity index (χ4v) is 3.53. The summed E-state index contributed by atoms with van der Waals surface area (Å²) >= 11 is 0. The van der Waals surface area contributed by atoms with Gasteiger partial charge in [0.2, 0.25) is 5.88 Å². The van der Waals surface area contributed by atoms with Gasteiger partial charge in [-0.3, -0.25) is 4.79 Å². The number of ether oxygens (including phenoxy) is 2. The standard InChI is InChI=1S/C22H27N5O3/c1-13(2)21-23-14(3)9-20(26-21)30-12-17-11-27(7-8-29-17)22(28)16-5-6-18-19(10-16)25-15(4)24-18/h5-6,9-10,13,17H,7-8,11-12H2,1-4H3,(H,24,25). The van der Waals surface area contributed by atoms with Crippen molar-refractivity contribution in [2.45, 2.75) is 39.7 Å². The monoisotopic (exact) mass is 409 g/mol. The molecule has 3 heterocycles. The zero-order chi connectivity index (χ0) is 21.3. The number of hydrogen-bond donors (Lipinski definition) is 1. The molecule has 1 saturated heterocycles. The fraction of sp³-hybridized carbons (Fsp3) is 0.455. The highest BCUT2D eigenvalue weighted by Gasteiger charge is 2.26. The van der Waals surface area contributed by atoms with Crippen molar-refractivity contribution >= 4 is 16.9 Å². The molecule has 3 aromatic rings. The predicted octanol–water partition coefficient (Wildman–Crippen LogP) is 3.01. The Hall–Kier alpha value is -3.00. The Labute approximate surface area is 175 Å². The Morgan fingerprint density at radius 3 is 2.90 bits per heavy atom. The molecule has 158 valence electrons. The van der Waals surface area contributed by atoms with Gasteiger partial charge in [-0.15, -0.1) is 0 Å². The molecule has 8 heteroatoms. The summed E-state index contributed by atoms with van der Waals surface area (Å²) in [5.74, 6) is 2.34. The average molecular weight is 409 g/mol. The van der Waals surface area contributed by atoms with Crippen LogP contribution in [0.15, 0.2) is 24.3 Å². The summed E-state index contributed by atoms with van der Waals surface area (Å²) < 4.78 is 11.7. The van der Waals surface area contributed by atoms with Gasteiger partial charge in [0, 0.05) is 29.8 Å². The van der Waals surface area contributed by atoms with E-state index in [1.54, 1.807) is 0 Å². The minimum absolute atomic E-state index is 0.0163. The molecule has 0 spiro atoms. The van der Waals surface area contributed by atoms with Crippen molar-refractivity contribution < 1.29 is 14.3 Å². The van der Waals surface area contributed by atoms with E-state index in [1.165, 1.54) is 0 Å². The lowest BCUT2D eigenvalue weighted by molar-refractivity contribution is -0.0407. The van der Waals surface area contributed by atoms with Gasteiger partial charge in [-0.1, -0.05) is 13.8 Å². The lowest BCUT2D eigenvalue weighted by Crippen LogP contribution is -2.47. The van der Waals surface area contributed by atoms with Crippen LogP contribution < -0.4 is 4.74 Å². The Balaban J connectivity index is 1.40. The molecule has 1 N–H and O–H groups in total. The van der Waals surface area contributed by atoms with Crippen molar-refractivity contribution in [1.29, 1.82) is 0 Å². The van der Waals surface area contributed by atoms with Gasteiger partial charge < -0.3 is 19.4 Å². The number of benzene rings is 1. The number of fused-ring (bicyclic) bond motifs is 1. The van der Waals surface area contributed by atoms with Crippen molar-refractivity contribution in [1.82, 2.24) is 24.8 Å². The van der Waals surface area contributed by atoms with Crippen molar-refractivity contribution in [3.8, 4) is 5.88 Å². The topological polar surface area (TPSA) is 93.2 Å². The highest BCUT2D eigenvalue weighted by Crippen LogP contribution is 2.18. The van der Waals surface area contributed by atoms with E-state index in [1.807, 2.05) is 56.9 Å². The highest BCUT2D eigenvalue weighted by molar-refractivity contribution is 5.97. The molecule has 1 amide bonds. The number of nitrogens with one attached hydrogen (secondary N) is 1. The molecule has 0 radical (unpaired) electrons. The van der Waals surface area contributed by atoms with Gasteiger partial charge >= 0.3 is 0 Å². The van der Waals surface area contributed by atoms with Gasteiger partial charge in [-0.25, -0.2) is 9.97 Å². The average Bonchev–Trinajstić information content (AvgIpc) is 3.10. The van der Waals surface area contributed by atoms with Gasteiger partial charge in [0.05, 0.1) is 24.2 Å². The van der Waals surface area contributed by atoms with Gasteiger partial charge in [-0.2, -0.15) is 4.98 Å². The van der Waals surface area contributed by atoms with Gasteiger partial charge in [0.15, 0.2) is 0 Å². The molecule has 1 aliphatic rings. The minimum atomic E-state index is -0.210. The Morgan fingerprint density at radius 2 is 2.10 bits per heavy atom. The zero-order valence-electron chi connectivity index (χ0n) is 17.8. The maximum absolute atomic E-state index is 13.0. The third-order valence-electron chi connectivity index (χ3n) is 5.05. The van der Waals surface area contributed by atoms with Crippen molar-refractivity contribution in [3.05, 3.63) is 47.2 Å². The van der Waals surface area contributed by atoms with Crippen LogP contribution in [0.2, 0.25) is 0 Å². The van der Waals surface area contributed by atoms with E-state index in [2.05, 4.69) is 19.9 Å². The highest BCUT2D eigenvalue weighted by atomic mass is 16.5. The first-order valence-electron chi connectivity index (χ1n) is 10.2. The maximum atomic E-state index is 13.0. The summed E-state index contributed by atoms with van der Waals surface area (Å²) in [6.07, 6.45) is -0.210. The number of carbonyl (C=O) groups excluding carboxylic acids is 1. The third kappa shape index (κ3) is 4.43. The van der Waals surface area contributed by atoms with E-state index in [4.69, 9.17) is 9.47 Å². The number of rotatable bonds is 5. The maximum Gasteiger partial charge on any atom is 0.254 e. The molecular formula is C22H27N5O3. The number of amides is 1. The molecule has 0 saturated carbocycles. The summed E-state index contributed by atoms with van der Waals surface area (Å²) in [6, 6.07) is 7.37. The number of carbonyl (C=O) groups is 1. The molecule has 1 unspecified atom stereocenters. The number of aromatic nitrogens is 4. The van der Waals surface area contributed by atoms with Gasteiger partial charge in [0.25, 0.3) is 5.91 Å². The summed E-state index contributed by atoms with van der Waals surface area (Å²) in [7, 11) is 0. The predicted molar refractivity (Wildman–Crippen MR) is 113 cm³/mol. The van der Waals surface area contributed by atoms with Gasteiger partial charge in [0.1, 0.15) is 24.4 Å². The number of aryl methyl sites for hydroxylation is 2. The minimum Gasteiger partial charge on any atom is -0.475 e. The Bertz CT molecular complexity index is 1060. The van der Waals surface area contributed by atoms with Crippen LogP contribution in [0.25, 0.3) is 11.0 Å². The van der Waals surface area contributed by atoms with Crippen LogP contribution in [-0.4, -0.2) is 63.2 Å². The molecule has 1 atom stereocenters. The summed E-state index contributed by atoms with van der Waals surface area (Å²) in [4.78, 5) is 31.3. The van der Waals surface area contributed by atoms with Crippen LogP contribution in [0.1, 0.15) is 47.5 Å². The van der Waals surface area contributed by atoms with Crippen LogP contribution in [0.3, 0.4) is 0 Å². The number of nitrogens with zero attached hydrogens (tertiary/aromatic N) is 4. The van der Waals surface area contributed by atoms with Gasteiger partial charge in [-0.05, 0) is 32.0 Å². The van der Waals surface area contributed by atoms with E-state index in [0.717, 1.165) is 28.4 Å². The number of aromatic amines is 1. The lowest BCUT2D eigenvalue weighted by atomic mass is 10.1. The second-order valence-electron chi connectivity index (χ2n) is 7.97. The lowest BCUT2D eigenvalue weighted by Gasteiger charge is -2.32. The molecule has 4 rings (SSSR count). The van der Waals surface area contributed by atoms with Crippen molar-refractivity contribution in [2.75, 3.05) is 26.3 Å². The first-order chi connectivity index (χ1) is 14.4. The molecule has 2 aromatic heterocycles. The molecule has 8 nitrogen and oxygen atoms in total. The first-order valence-corrected chi connectivity index (χ1v) is 10.2. The molecule has 30 heavy (non-hydrogen) atoms. The second-order valence-corrected chi connectivity index (χ2v) is 7.97. The summed E-state index contributed by atoms with van der Waals surface area (Å²) in [6.45, 7) is 9.76. The van der Waals surface area contributed by atoms with E-state index in [9.17, 15) is 4.79 Å². The van der Waals surface area contributed by atoms with Crippen LogP contribution in [-0.2, 0) is 4.74 Å². The third-order valence-corrected chi connectivity index (χ3v) is 5.05. The smallest absolute Gasteiger partial charge is 0.254 e. The van der Waals surface area contributed by atoms with E-state index < -0.39 is 0 Å². The SMILES string of the molecule is Cc1cc(OCC2CN(C(=O)c3ccc4nc(C)[nH]c4c3)CCO2)nc(C(C)C)n1. The second kappa shape index (κ2) is 8.39. The van der Waals surface area contributed by atoms with Crippen molar-refractivity contribution in [2.24, 2.45) is 0 Å². The largest absolute Gasteiger partial charge is 0.475 e.